The van der Waals surface area contributed by atoms with Crippen LogP contribution in [-0.4, -0.2) is 45.9 Å². The Labute approximate surface area is 162 Å². The zero-order valence-electron chi connectivity index (χ0n) is 14.8. The van der Waals surface area contributed by atoms with Crippen molar-refractivity contribution in [1.29, 1.82) is 0 Å². The Balaban J connectivity index is 1.19. The highest BCUT2D eigenvalue weighted by molar-refractivity contribution is 8.01. The summed E-state index contributed by atoms with van der Waals surface area (Å²) in [5.74, 6) is 1.37. The van der Waals surface area contributed by atoms with Gasteiger partial charge in [0, 0.05) is 19.1 Å². The van der Waals surface area contributed by atoms with Crippen molar-refractivity contribution in [3.05, 3.63) is 35.9 Å². The minimum absolute atomic E-state index is 0.222. The molecule has 4 rings (SSSR count). The standard InChI is InChI=1S/C19H24N4OS2/c24-17(13-25-19-22-21-18(26-19)20-16-6-7-16)23-10-8-15(9-11-23)12-14-4-2-1-3-5-14/h1-5,15-16H,6-13H2,(H,20,21). The number of nitrogens with one attached hydrogen (secondary N) is 1. The van der Waals surface area contributed by atoms with Crippen molar-refractivity contribution in [3.8, 4) is 0 Å². The molecule has 0 bridgehead atoms. The van der Waals surface area contributed by atoms with E-state index in [1.54, 1.807) is 11.3 Å². The fourth-order valence-corrected chi connectivity index (χ4v) is 5.01. The van der Waals surface area contributed by atoms with Crippen LogP contribution in [0.1, 0.15) is 31.2 Å². The van der Waals surface area contributed by atoms with E-state index in [0.717, 1.165) is 41.8 Å². The van der Waals surface area contributed by atoms with Crippen LogP contribution in [0.5, 0.6) is 0 Å². The molecule has 7 heteroatoms. The maximum absolute atomic E-state index is 12.5. The van der Waals surface area contributed by atoms with Crippen LogP contribution < -0.4 is 5.32 Å². The second kappa shape index (κ2) is 8.39. The quantitative estimate of drug-likeness (QED) is 0.733. The van der Waals surface area contributed by atoms with Crippen LogP contribution in [0.25, 0.3) is 0 Å². The van der Waals surface area contributed by atoms with Crippen molar-refractivity contribution in [3.63, 3.8) is 0 Å². The third kappa shape index (κ3) is 4.98. The van der Waals surface area contributed by atoms with Crippen LogP contribution in [0.4, 0.5) is 5.13 Å². The number of amides is 1. The molecule has 2 heterocycles. The monoisotopic (exact) mass is 388 g/mol. The number of piperidine rings is 1. The lowest BCUT2D eigenvalue weighted by atomic mass is 9.90. The number of thioether (sulfide) groups is 1. The number of carbonyl (C=O) groups is 1. The summed E-state index contributed by atoms with van der Waals surface area (Å²) >= 11 is 3.06. The highest BCUT2D eigenvalue weighted by Gasteiger charge is 2.24. The number of hydrogen-bond acceptors (Lipinski definition) is 6. The maximum Gasteiger partial charge on any atom is 0.233 e. The molecule has 1 aromatic heterocycles. The van der Waals surface area contributed by atoms with Crippen molar-refractivity contribution >= 4 is 34.1 Å². The van der Waals surface area contributed by atoms with E-state index in [4.69, 9.17) is 0 Å². The zero-order valence-corrected chi connectivity index (χ0v) is 16.4. The lowest BCUT2D eigenvalue weighted by molar-refractivity contribution is -0.129. The van der Waals surface area contributed by atoms with E-state index < -0.39 is 0 Å². The highest BCUT2D eigenvalue weighted by atomic mass is 32.2. The molecule has 1 aliphatic heterocycles. The van der Waals surface area contributed by atoms with Gasteiger partial charge in [-0.25, -0.2) is 0 Å². The molecule has 1 N–H and O–H groups in total. The van der Waals surface area contributed by atoms with E-state index in [1.165, 1.54) is 30.2 Å². The lowest BCUT2D eigenvalue weighted by Gasteiger charge is -2.32. The first-order valence-corrected chi connectivity index (χ1v) is 11.1. The van der Waals surface area contributed by atoms with Gasteiger partial charge in [-0.15, -0.1) is 10.2 Å². The maximum atomic E-state index is 12.5. The van der Waals surface area contributed by atoms with Gasteiger partial charge in [-0.3, -0.25) is 4.79 Å². The van der Waals surface area contributed by atoms with Gasteiger partial charge in [0.05, 0.1) is 5.75 Å². The molecule has 0 unspecified atom stereocenters. The van der Waals surface area contributed by atoms with Gasteiger partial charge in [0.1, 0.15) is 0 Å². The summed E-state index contributed by atoms with van der Waals surface area (Å²) in [4.78, 5) is 14.5. The van der Waals surface area contributed by atoms with E-state index in [-0.39, 0.29) is 5.91 Å². The summed E-state index contributed by atoms with van der Waals surface area (Å²) in [6.07, 6.45) is 5.76. The minimum Gasteiger partial charge on any atom is -0.357 e. The summed E-state index contributed by atoms with van der Waals surface area (Å²) in [7, 11) is 0. The average molecular weight is 389 g/mol. The Morgan fingerprint density at radius 3 is 2.65 bits per heavy atom. The lowest BCUT2D eigenvalue weighted by Crippen LogP contribution is -2.39. The van der Waals surface area contributed by atoms with Gasteiger partial charge in [-0.2, -0.15) is 0 Å². The molecule has 1 amide bonds. The van der Waals surface area contributed by atoms with Crippen LogP contribution in [-0.2, 0) is 11.2 Å². The van der Waals surface area contributed by atoms with E-state index in [1.807, 2.05) is 4.90 Å². The molecule has 1 saturated carbocycles. The van der Waals surface area contributed by atoms with Crippen LogP contribution in [0, 0.1) is 5.92 Å². The first kappa shape index (κ1) is 17.8. The van der Waals surface area contributed by atoms with Crippen molar-refractivity contribution in [1.82, 2.24) is 15.1 Å². The fourth-order valence-electron chi connectivity index (χ4n) is 3.28. The number of aromatic nitrogens is 2. The second-order valence-electron chi connectivity index (χ2n) is 7.09. The van der Waals surface area contributed by atoms with Crippen LogP contribution >= 0.6 is 23.1 Å². The van der Waals surface area contributed by atoms with Gasteiger partial charge in [-0.1, -0.05) is 53.4 Å². The molecule has 26 heavy (non-hydrogen) atoms. The summed E-state index contributed by atoms with van der Waals surface area (Å²) in [5, 5.41) is 12.5. The normalized spacial score (nSPS) is 18.1. The van der Waals surface area contributed by atoms with Gasteiger partial charge in [0.25, 0.3) is 0 Å². The fraction of sp³-hybridized carbons (Fsp3) is 0.526. The number of likely N-dealkylation sites (tertiary alicyclic amines) is 1. The molecular weight excluding hydrogens is 364 g/mol. The van der Waals surface area contributed by atoms with Gasteiger partial charge in [-0.05, 0) is 43.6 Å². The molecule has 1 saturated heterocycles. The average Bonchev–Trinajstić information content (AvgIpc) is 3.37. The number of anilines is 1. The summed E-state index contributed by atoms with van der Waals surface area (Å²) in [5.41, 5.74) is 1.40. The van der Waals surface area contributed by atoms with Gasteiger partial charge in [0.15, 0.2) is 4.34 Å². The number of rotatable bonds is 7. The molecule has 1 aromatic carbocycles. The molecule has 1 aliphatic carbocycles. The Morgan fingerprint density at radius 2 is 1.92 bits per heavy atom. The molecule has 2 aliphatic rings. The van der Waals surface area contributed by atoms with Gasteiger partial charge < -0.3 is 10.2 Å². The van der Waals surface area contributed by atoms with Gasteiger partial charge >= 0.3 is 0 Å². The first-order chi connectivity index (χ1) is 12.8. The molecule has 2 fully saturated rings. The Bertz CT molecular complexity index is 724. The SMILES string of the molecule is O=C(CSc1nnc(NC2CC2)s1)N1CCC(Cc2ccccc2)CC1. The minimum atomic E-state index is 0.222. The third-order valence-corrected chi connectivity index (χ3v) is 6.94. The number of benzene rings is 1. The predicted molar refractivity (Wildman–Crippen MR) is 107 cm³/mol. The second-order valence-corrected chi connectivity index (χ2v) is 9.29. The predicted octanol–water partition coefficient (Wildman–Crippen LogP) is 3.69. The summed E-state index contributed by atoms with van der Waals surface area (Å²) < 4.78 is 0.875. The van der Waals surface area contributed by atoms with Gasteiger partial charge in [0.2, 0.25) is 11.0 Å². The van der Waals surface area contributed by atoms with E-state index in [2.05, 4.69) is 45.8 Å². The molecular formula is C19H24N4OS2. The Kier molecular flexibility index (Phi) is 5.75. The molecule has 5 nitrogen and oxygen atoms in total. The van der Waals surface area contributed by atoms with Crippen molar-refractivity contribution < 1.29 is 4.79 Å². The largest absolute Gasteiger partial charge is 0.357 e. The molecule has 0 atom stereocenters. The summed E-state index contributed by atoms with van der Waals surface area (Å²) in [6, 6.07) is 11.2. The van der Waals surface area contributed by atoms with Crippen LogP contribution in [0.3, 0.4) is 0 Å². The number of nitrogens with zero attached hydrogens (tertiary/aromatic N) is 3. The zero-order chi connectivity index (χ0) is 17.8. The first-order valence-electron chi connectivity index (χ1n) is 9.31. The van der Waals surface area contributed by atoms with Crippen molar-refractivity contribution in [2.24, 2.45) is 5.92 Å². The molecule has 0 radical (unpaired) electrons. The molecule has 138 valence electrons. The van der Waals surface area contributed by atoms with Crippen LogP contribution in [0.15, 0.2) is 34.7 Å². The third-order valence-electron chi connectivity index (χ3n) is 4.96. The highest BCUT2D eigenvalue weighted by Crippen LogP contribution is 2.30. The number of hydrogen-bond donors (Lipinski definition) is 1. The smallest absolute Gasteiger partial charge is 0.233 e. The van der Waals surface area contributed by atoms with E-state index in [0.29, 0.717) is 17.7 Å². The number of carbonyl (C=O) groups excluding carboxylic acids is 1. The van der Waals surface area contributed by atoms with Crippen molar-refractivity contribution in [2.75, 3.05) is 24.2 Å². The van der Waals surface area contributed by atoms with E-state index >= 15 is 0 Å². The molecule has 2 aromatic rings. The Morgan fingerprint density at radius 1 is 1.15 bits per heavy atom. The Hall–Kier alpha value is -1.60. The van der Waals surface area contributed by atoms with Crippen molar-refractivity contribution in [2.45, 2.75) is 42.5 Å². The van der Waals surface area contributed by atoms with E-state index in [9.17, 15) is 4.79 Å². The van der Waals surface area contributed by atoms with Crippen LogP contribution in [0.2, 0.25) is 0 Å². The summed E-state index contributed by atoms with van der Waals surface area (Å²) in [6.45, 7) is 1.75. The molecule has 0 spiro atoms. The topological polar surface area (TPSA) is 58.1 Å².